The Morgan fingerprint density at radius 1 is 0.887 bits per heavy atom. The van der Waals surface area contributed by atoms with Gasteiger partial charge in [0, 0.05) is 127 Å². The number of nitrogens with one attached hydrogen (secondary N) is 2. The molecule has 1 atom stereocenters. The monoisotopic (exact) mass is 1000 g/mol. The molecule has 4 fully saturated rings. The van der Waals surface area contributed by atoms with Crippen LogP contribution in [0.1, 0.15) is 102 Å². The van der Waals surface area contributed by atoms with Gasteiger partial charge in [-0.25, -0.2) is 9.18 Å². The lowest BCUT2D eigenvalue weighted by Gasteiger charge is -2.39. The molecule has 0 aliphatic carbocycles. The molecule has 0 bridgehead atoms. The number of carbonyl (C=O) groups is 6. The second-order valence-corrected chi connectivity index (χ2v) is 19.4. The minimum absolute atomic E-state index is 0.0414. The van der Waals surface area contributed by atoms with Gasteiger partial charge in [-0.1, -0.05) is 24.3 Å². The molecule has 7 rings (SSSR count). The van der Waals surface area contributed by atoms with E-state index in [2.05, 4.69) is 32.7 Å². The highest BCUT2D eigenvalue weighted by molar-refractivity contribution is 7.79. The third-order valence-corrected chi connectivity index (χ3v) is 13.3. The molecule has 4 saturated heterocycles. The highest BCUT2D eigenvalue weighted by Gasteiger charge is 2.30. The van der Waals surface area contributed by atoms with Crippen LogP contribution in [0.2, 0.25) is 0 Å². The van der Waals surface area contributed by atoms with Crippen LogP contribution in [0, 0.1) is 24.1 Å². The first-order valence-corrected chi connectivity index (χ1v) is 25.5. The Morgan fingerprint density at radius 3 is 2.14 bits per heavy atom. The fourth-order valence-corrected chi connectivity index (χ4v) is 9.27. The number of piperazine rings is 2. The minimum Gasteiger partial charge on any atom is -0.444 e. The number of thiol groups is 1. The molecule has 71 heavy (non-hydrogen) atoms. The Bertz CT molecular complexity index is 2340. The van der Waals surface area contributed by atoms with Crippen LogP contribution in [-0.2, 0) is 25.5 Å². The highest BCUT2D eigenvalue weighted by Crippen LogP contribution is 2.30. The first kappa shape index (κ1) is 56.0. The number of amides is 6. The molecule has 0 saturated carbocycles. The van der Waals surface area contributed by atoms with Gasteiger partial charge in [0.15, 0.2) is 0 Å². The lowest BCUT2D eigenvalue weighted by molar-refractivity contribution is -0.134. The third-order valence-electron chi connectivity index (χ3n) is 13.3. The smallest absolute Gasteiger partial charge is 0.412 e. The fraction of sp³-hybridized carbons (Fsp3) is 0.538. The number of pyridine rings is 1. The predicted octanol–water partition coefficient (Wildman–Crippen LogP) is 5.31. The number of likely N-dealkylation sites (tertiary alicyclic amines) is 2. The summed E-state index contributed by atoms with van der Waals surface area (Å²) in [5, 5.41) is 11.3. The number of anilines is 1. The number of aryl methyl sites for hydroxylation is 1. The summed E-state index contributed by atoms with van der Waals surface area (Å²) in [5.74, 6) is -0.611. The first-order valence-electron chi connectivity index (χ1n) is 24.6. The van der Waals surface area contributed by atoms with E-state index < -0.39 is 29.3 Å². The van der Waals surface area contributed by atoms with E-state index in [0.29, 0.717) is 68.4 Å². The maximum Gasteiger partial charge on any atom is 0.412 e. The number of nitrogens with two attached hydrogens (primary N) is 1. The number of carbonyl (C=O) groups excluding carboxylic acids is 6. The molecule has 17 nitrogen and oxygen atoms in total. The quantitative estimate of drug-likeness (QED) is 0.0987. The number of aromatic nitrogens is 1. The van der Waals surface area contributed by atoms with Crippen molar-refractivity contribution in [3.05, 3.63) is 94.1 Å². The minimum atomic E-state index is -0.642. The number of halogens is 1. The lowest BCUT2D eigenvalue weighted by Crippen LogP contribution is -2.55. The maximum absolute atomic E-state index is 14.8. The van der Waals surface area contributed by atoms with Crippen molar-refractivity contribution in [3.8, 4) is 0 Å². The van der Waals surface area contributed by atoms with Crippen molar-refractivity contribution in [2.75, 3.05) is 103 Å². The van der Waals surface area contributed by atoms with Gasteiger partial charge in [-0.3, -0.25) is 39.2 Å². The summed E-state index contributed by atoms with van der Waals surface area (Å²) in [4.78, 5) is 89.1. The van der Waals surface area contributed by atoms with Gasteiger partial charge >= 0.3 is 6.09 Å². The number of hydrogen-bond acceptors (Lipinski definition) is 12. The molecule has 386 valence electrons. The topological polar surface area (TPSA) is 206 Å². The summed E-state index contributed by atoms with van der Waals surface area (Å²) < 4.78 is 20.1. The molecule has 5 heterocycles. The van der Waals surface area contributed by atoms with Crippen molar-refractivity contribution in [1.29, 1.82) is 5.41 Å². The summed E-state index contributed by atoms with van der Waals surface area (Å²) in [6.45, 7) is 18.7. The molecule has 3 aromatic rings. The van der Waals surface area contributed by atoms with Crippen LogP contribution in [0.4, 0.5) is 14.9 Å². The maximum atomic E-state index is 14.8. The van der Waals surface area contributed by atoms with Gasteiger partial charge in [-0.15, -0.1) is 0 Å². The van der Waals surface area contributed by atoms with E-state index in [1.165, 1.54) is 18.2 Å². The number of likely N-dealkylation sites (N-methyl/N-ethyl adjacent to an activating group) is 1. The van der Waals surface area contributed by atoms with E-state index >= 15 is 0 Å². The van der Waals surface area contributed by atoms with E-state index in [0.717, 1.165) is 89.3 Å². The van der Waals surface area contributed by atoms with Crippen LogP contribution in [0.5, 0.6) is 0 Å². The number of benzene rings is 2. The van der Waals surface area contributed by atoms with Gasteiger partial charge in [0.1, 0.15) is 11.4 Å². The van der Waals surface area contributed by atoms with Gasteiger partial charge in [0.25, 0.3) is 5.91 Å². The molecule has 0 spiro atoms. The summed E-state index contributed by atoms with van der Waals surface area (Å²) in [6.07, 6.45) is 7.54. The van der Waals surface area contributed by atoms with Gasteiger partial charge < -0.3 is 40.4 Å². The lowest BCUT2D eigenvalue weighted by atomic mass is 9.91. The molecule has 1 aromatic heterocycles. The van der Waals surface area contributed by atoms with Crippen molar-refractivity contribution in [3.63, 3.8) is 0 Å². The van der Waals surface area contributed by atoms with Gasteiger partial charge in [0.05, 0.1) is 23.5 Å². The van der Waals surface area contributed by atoms with E-state index in [9.17, 15) is 33.2 Å². The molecular weight excluding hydrogens is 928 g/mol. The van der Waals surface area contributed by atoms with Gasteiger partial charge in [-0.2, -0.15) is 12.6 Å². The largest absolute Gasteiger partial charge is 0.444 e. The Labute approximate surface area is 423 Å². The van der Waals surface area contributed by atoms with Crippen molar-refractivity contribution >= 4 is 60.2 Å². The Morgan fingerprint density at radius 2 is 1.52 bits per heavy atom. The average molecular weight is 1000 g/mol. The molecule has 2 aromatic carbocycles. The normalized spacial score (nSPS) is 18.1. The van der Waals surface area contributed by atoms with Crippen LogP contribution >= 0.6 is 12.6 Å². The number of piperidine rings is 2. The van der Waals surface area contributed by atoms with Crippen molar-refractivity contribution in [1.82, 2.24) is 34.4 Å². The Kier molecular flexibility index (Phi) is 20.9. The molecular formula is C52H73FN10O7S. The van der Waals surface area contributed by atoms with Crippen LogP contribution in [0.15, 0.2) is 54.7 Å². The number of ether oxygens (including phenoxy) is 1. The molecule has 4 aliphatic heterocycles. The first-order chi connectivity index (χ1) is 33.9. The zero-order chi connectivity index (χ0) is 51.8. The standard InChI is InChI=1S/C33H42FN7O4.C18H27N3O3.CH4S/c34-29-6-5-25(20-30(35)26-3-1-2-4-27(26)32(36)44)19-28(29)33(45)41-17-15-40(16-18-41)31(43)22-38-13-11-37(12-14-38)21-24-7-9-39(23-42)10-8-24;1-6-21-11-13(7-8-16(21)22)14-9-15(12(2)19-10-14)20-17(23)24-18(3,4)5;1-2/h1-6,19,23-24,35H,7-18,20-22H2,(H2,36,44);9-10,13H,6-8,11H2,1-5H3,(H,20,23);2H,1H3. The van der Waals surface area contributed by atoms with Crippen LogP contribution < -0.4 is 11.1 Å². The zero-order valence-electron chi connectivity index (χ0n) is 42.3. The number of hydrogen-bond donors (Lipinski definition) is 4. The molecule has 0 radical (unpaired) electrons. The second-order valence-electron chi connectivity index (χ2n) is 19.4. The van der Waals surface area contributed by atoms with Crippen LogP contribution in [0.25, 0.3) is 0 Å². The van der Waals surface area contributed by atoms with Crippen molar-refractivity contribution < 1.29 is 37.9 Å². The molecule has 4 N–H and O–H groups in total. The zero-order valence-corrected chi connectivity index (χ0v) is 43.1. The highest BCUT2D eigenvalue weighted by atomic mass is 32.1. The molecule has 6 amide bonds. The SMILES string of the molecule is CCN1CC(c2cnc(C)c(NC(=O)OC(C)(C)C)c2)CCC1=O.CS.N=C(Cc1ccc(F)c(C(=O)N2CCN(C(=O)CN3CCN(CC4CCN(C=O)CC4)CC3)CC2)c1)c1ccccc1C(N)=O. The second kappa shape index (κ2) is 26.5. The van der Waals surface area contributed by atoms with Gasteiger partial charge in [0.2, 0.25) is 24.1 Å². The number of rotatable bonds is 13. The fourth-order valence-electron chi connectivity index (χ4n) is 9.27. The average Bonchev–Trinajstić information content (AvgIpc) is 3.36. The van der Waals surface area contributed by atoms with Crippen LogP contribution in [0.3, 0.4) is 0 Å². The van der Waals surface area contributed by atoms with Gasteiger partial charge in [-0.05, 0) is 101 Å². The van der Waals surface area contributed by atoms with E-state index in [4.69, 9.17) is 15.9 Å². The predicted molar refractivity (Wildman–Crippen MR) is 276 cm³/mol. The summed E-state index contributed by atoms with van der Waals surface area (Å²) in [7, 11) is 0. The molecule has 19 heteroatoms. The summed E-state index contributed by atoms with van der Waals surface area (Å²) in [6, 6.07) is 12.7. The van der Waals surface area contributed by atoms with E-state index in [-0.39, 0.29) is 41.0 Å². The molecule has 4 aliphatic rings. The summed E-state index contributed by atoms with van der Waals surface area (Å²) >= 11 is 3.53. The Hall–Kier alpha value is -5.92. The Balaban J connectivity index is 0.000000304. The summed E-state index contributed by atoms with van der Waals surface area (Å²) in [5.41, 5.74) is 8.61. The van der Waals surface area contributed by atoms with Crippen molar-refractivity contribution in [2.45, 2.75) is 78.2 Å². The number of nitrogens with zero attached hydrogens (tertiary/aromatic N) is 7. The van der Waals surface area contributed by atoms with E-state index in [1.807, 2.05) is 56.7 Å². The number of primary amides is 1. The van der Waals surface area contributed by atoms with Crippen molar-refractivity contribution in [2.24, 2.45) is 11.7 Å². The third kappa shape index (κ3) is 16.3. The molecule has 1 unspecified atom stereocenters. The van der Waals surface area contributed by atoms with E-state index in [1.54, 1.807) is 40.3 Å². The van der Waals surface area contributed by atoms with Crippen LogP contribution in [-0.4, -0.2) is 180 Å².